The number of rotatable bonds is 3. The largest absolute Gasteiger partial charge is 0.447 e. The third kappa shape index (κ3) is 3.07. The van der Waals surface area contributed by atoms with Crippen molar-refractivity contribution in [2.24, 2.45) is 0 Å². The van der Waals surface area contributed by atoms with E-state index < -0.39 is 0 Å². The fraction of sp³-hybridized carbons (Fsp3) is 0.500. The van der Waals surface area contributed by atoms with Crippen molar-refractivity contribution in [2.75, 3.05) is 32.8 Å². The molecule has 1 atom stereocenters. The molecule has 0 bridgehead atoms. The molecule has 3 amide bonds. The van der Waals surface area contributed by atoms with Crippen LogP contribution >= 0.6 is 0 Å². The van der Waals surface area contributed by atoms with E-state index in [2.05, 4.69) is 41.3 Å². The fourth-order valence-electron chi connectivity index (χ4n) is 3.51. The van der Waals surface area contributed by atoms with Crippen LogP contribution in [0.4, 0.5) is 9.59 Å². The molecule has 0 spiro atoms. The van der Waals surface area contributed by atoms with Crippen LogP contribution < -0.4 is 5.32 Å². The van der Waals surface area contributed by atoms with E-state index in [1.165, 1.54) is 11.1 Å². The monoisotopic (exact) mass is 357 g/mol. The molecule has 0 radical (unpaired) electrons. The van der Waals surface area contributed by atoms with Gasteiger partial charge in [-0.15, -0.1) is 0 Å². The number of cyclic esters (lactones) is 1. The number of fused-ring (bicyclic) bond motifs is 2. The van der Waals surface area contributed by atoms with Crippen LogP contribution in [0.5, 0.6) is 0 Å². The predicted molar refractivity (Wildman–Crippen MR) is 96.1 cm³/mol. The van der Waals surface area contributed by atoms with Crippen molar-refractivity contribution >= 4 is 23.2 Å². The smallest absolute Gasteiger partial charge is 0.410 e. The molecule has 26 heavy (non-hydrogen) atoms. The molecule has 1 aromatic heterocycles. The molecule has 2 aliphatic heterocycles. The SMILES string of the molecule is Cc1cc2nc(CCNC(=O)N3CCN4C(=O)OC[C@H]4C3)[nH]c2cc1C. The fourth-order valence-corrected chi connectivity index (χ4v) is 3.51. The summed E-state index contributed by atoms with van der Waals surface area (Å²) in [7, 11) is 0. The summed E-state index contributed by atoms with van der Waals surface area (Å²) in [5.41, 5.74) is 4.43. The lowest BCUT2D eigenvalue weighted by Crippen LogP contribution is -2.56. The van der Waals surface area contributed by atoms with Gasteiger partial charge in [0, 0.05) is 32.6 Å². The molecule has 3 heterocycles. The maximum absolute atomic E-state index is 12.4. The van der Waals surface area contributed by atoms with E-state index in [9.17, 15) is 9.59 Å². The first-order chi connectivity index (χ1) is 12.5. The number of hydrogen-bond donors (Lipinski definition) is 2. The highest BCUT2D eigenvalue weighted by Crippen LogP contribution is 2.18. The van der Waals surface area contributed by atoms with E-state index in [1.807, 2.05) is 0 Å². The van der Waals surface area contributed by atoms with E-state index in [1.54, 1.807) is 9.80 Å². The molecule has 2 saturated heterocycles. The third-order valence-electron chi connectivity index (χ3n) is 5.19. The van der Waals surface area contributed by atoms with Gasteiger partial charge in [-0.3, -0.25) is 4.90 Å². The molecule has 2 aromatic rings. The number of hydrogen-bond acceptors (Lipinski definition) is 4. The second-order valence-electron chi connectivity index (χ2n) is 6.99. The molecular weight excluding hydrogens is 334 g/mol. The quantitative estimate of drug-likeness (QED) is 0.872. The third-order valence-corrected chi connectivity index (χ3v) is 5.19. The van der Waals surface area contributed by atoms with Crippen molar-refractivity contribution < 1.29 is 14.3 Å². The number of imidazole rings is 1. The summed E-state index contributed by atoms with van der Waals surface area (Å²) >= 11 is 0. The van der Waals surface area contributed by atoms with Crippen molar-refractivity contribution in [3.8, 4) is 0 Å². The van der Waals surface area contributed by atoms with Gasteiger partial charge in [-0.25, -0.2) is 14.6 Å². The number of piperazine rings is 1. The minimum Gasteiger partial charge on any atom is -0.447 e. The van der Waals surface area contributed by atoms with Gasteiger partial charge in [0.25, 0.3) is 0 Å². The second-order valence-corrected chi connectivity index (χ2v) is 6.99. The molecule has 2 fully saturated rings. The average molecular weight is 357 g/mol. The minimum atomic E-state index is -0.273. The number of amides is 3. The van der Waals surface area contributed by atoms with Crippen molar-refractivity contribution in [3.05, 3.63) is 29.1 Å². The molecule has 0 aliphatic carbocycles. The van der Waals surface area contributed by atoms with E-state index in [-0.39, 0.29) is 18.2 Å². The molecule has 8 heteroatoms. The maximum Gasteiger partial charge on any atom is 0.410 e. The van der Waals surface area contributed by atoms with Crippen LogP contribution in [-0.2, 0) is 11.2 Å². The molecule has 4 rings (SSSR count). The van der Waals surface area contributed by atoms with Crippen molar-refractivity contribution in [3.63, 3.8) is 0 Å². The number of ether oxygens (including phenoxy) is 1. The van der Waals surface area contributed by atoms with Crippen LogP contribution in [0, 0.1) is 13.8 Å². The lowest BCUT2D eigenvalue weighted by molar-refractivity contribution is 0.127. The number of nitrogens with zero attached hydrogens (tertiary/aromatic N) is 3. The Labute approximate surface area is 151 Å². The highest BCUT2D eigenvalue weighted by atomic mass is 16.6. The topological polar surface area (TPSA) is 90.6 Å². The Morgan fingerprint density at radius 1 is 1.35 bits per heavy atom. The number of benzene rings is 1. The standard InChI is InChI=1S/C18H23N5O3/c1-11-7-14-15(8-12(11)2)21-16(20-14)3-4-19-17(24)22-5-6-23-13(9-22)10-26-18(23)25/h7-8,13H,3-6,9-10H2,1-2H3,(H,19,24)(H,20,21)/t13-/m1/s1. The summed E-state index contributed by atoms with van der Waals surface area (Å²) in [6, 6.07) is 4.05. The van der Waals surface area contributed by atoms with Crippen LogP contribution in [0.1, 0.15) is 17.0 Å². The summed E-state index contributed by atoms with van der Waals surface area (Å²) in [6.45, 7) is 6.60. The minimum absolute atomic E-state index is 0.0242. The molecular formula is C18H23N5O3. The maximum atomic E-state index is 12.4. The van der Waals surface area contributed by atoms with E-state index in [0.29, 0.717) is 39.2 Å². The Morgan fingerprint density at radius 2 is 2.15 bits per heavy atom. The van der Waals surface area contributed by atoms with E-state index in [0.717, 1.165) is 16.9 Å². The van der Waals surface area contributed by atoms with Gasteiger partial charge in [-0.2, -0.15) is 0 Å². The Kier molecular flexibility index (Phi) is 4.18. The molecule has 0 unspecified atom stereocenters. The molecule has 1 aromatic carbocycles. The lowest BCUT2D eigenvalue weighted by Gasteiger charge is -2.35. The first-order valence-corrected chi connectivity index (χ1v) is 8.93. The van der Waals surface area contributed by atoms with Crippen LogP contribution in [0.3, 0.4) is 0 Å². The number of carbonyl (C=O) groups excluding carboxylic acids is 2. The van der Waals surface area contributed by atoms with Crippen LogP contribution in [0.25, 0.3) is 11.0 Å². The molecule has 138 valence electrons. The van der Waals surface area contributed by atoms with E-state index >= 15 is 0 Å². The van der Waals surface area contributed by atoms with Crippen molar-refractivity contribution in [1.82, 2.24) is 25.1 Å². The predicted octanol–water partition coefficient (Wildman–Crippen LogP) is 1.57. The number of urea groups is 1. The molecule has 0 saturated carbocycles. The Hall–Kier alpha value is -2.77. The van der Waals surface area contributed by atoms with Crippen LogP contribution in [0.15, 0.2) is 12.1 Å². The average Bonchev–Trinajstić information content (AvgIpc) is 3.18. The Balaban J connectivity index is 1.30. The van der Waals surface area contributed by atoms with Gasteiger partial charge in [0.15, 0.2) is 0 Å². The number of aryl methyl sites for hydroxylation is 2. The molecule has 2 aliphatic rings. The van der Waals surface area contributed by atoms with Gasteiger partial charge in [0.2, 0.25) is 0 Å². The number of aromatic amines is 1. The highest BCUT2D eigenvalue weighted by molar-refractivity contribution is 5.77. The summed E-state index contributed by atoms with van der Waals surface area (Å²) in [5, 5.41) is 2.94. The number of nitrogens with one attached hydrogen (secondary N) is 2. The molecule has 8 nitrogen and oxygen atoms in total. The van der Waals surface area contributed by atoms with Crippen molar-refractivity contribution in [1.29, 1.82) is 0 Å². The Morgan fingerprint density at radius 3 is 3.00 bits per heavy atom. The van der Waals surface area contributed by atoms with Crippen LogP contribution in [-0.4, -0.2) is 70.7 Å². The zero-order valence-electron chi connectivity index (χ0n) is 15.0. The van der Waals surface area contributed by atoms with Gasteiger partial charge < -0.3 is 19.9 Å². The highest BCUT2D eigenvalue weighted by Gasteiger charge is 2.38. The summed E-state index contributed by atoms with van der Waals surface area (Å²) in [6.07, 6.45) is 0.370. The normalized spacial score (nSPS) is 19.6. The molecule has 2 N–H and O–H groups in total. The Bertz CT molecular complexity index is 823. The summed E-state index contributed by atoms with van der Waals surface area (Å²) < 4.78 is 5.03. The van der Waals surface area contributed by atoms with Gasteiger partial charge in [-0.1, -0.05) is 0 Å². The van der Waals surface area contributed by atoms with Gasteiger partial charge >= 0.3 is 12.1 Å². The number of H-pyrrole nitrogens is 1. The van der Waals surface area contributed by atoms with E-state index in [4.69, 9.17) is 4.74 Å². The number of carbonyl (C=O) groups is 2. The van der Waals surface area contributed by atoms with Crippen LogP contribution in [0.2, 0.25) is 0 Å². The zero-order chi connectivity index (χ0) is 18.3. The summed E-state index contributed by atoms with van der Waals surface area (Å²) in [4.78, 5) is 35.2. The summed E-state index contributed by atoms with van der Waals surface area (Å²) in [5.74, 6) is 0.866. The second kappa shape index (κ2) is 6.51. The van der Waals surface area contributed by atoms with Gasteiger partial charge in [0.05, 0.1) is 17.1 Å². The number of aromatic nitrogens is 2. The van der Waals surface area contributed by atoms with Gasteiger partial charge in [-0.05, 0) is 37.1 Å². The van der Waals surface area contributed by atoms with Gasteiger partial charge in [0.1, 0.15) is 12.4 Å². The first kappa shape index (κ1) is 16.7. The zero-order valence-corrected chi connectivity index (χ0v) is 15.0. The lowest BCUT2D eigenvalue weighted by atomic mass is 10.1. The first-order valence-electron chi connectivity index (χ1n) is 8.93. The van der Waals surface area contributed by atoms with Crippen molar-refractivity contribution in [2.45, 2.75) is 26.3 Å².